The zero-order valence-corrected chi connectivity index (χ0v) is 33.8. The molecule has 0 heterocycles. The maximum Gasteiger partial charge on any atom is 0.223 e. The number of carbonyl (C=O) groups is 3. The van der Waals surface area contributed by atoms with Gasteiger partial charge in [-0.2, -0.15) is 0 Å². The van der Waals surface area contributed by atoms with Crippen molar-refractivity contribution in [1.82, 2.24) is 16.0 Å². The van der Waals surface area contributed by atoms with Crippen LogP contribution in [-0.2, 0) is 14.4 Å². The molecule has 0 aromatic heterocycles. The van der Waals surface area contributed by atoms with Gasteiger partial charge < -0.3 is 16.0 Å². The average molecular weight is 674 g/mol. The van der Waals surface area contributed by atoms with Gasteiger partial charge in [-0.25, -0.2) is 0 Å². The van der Waals surface area contributed by atoms with Crippen LogP contribution in [0.3, 0.4) is 0 Å². The van der Waals surface area contributed by atoms with E-state index >= 15 is 0 Å². The molecule has 3 amide bonds. The van der Waals surface area contributed by atoms with Gasteiger partial charge in [0.15, 0.2) is 0 Å². The van der Waals surface area contributed by atoms with Gasteiger partial charge >= 0.3 is 0 Å². The number of rotatable bonds is 15. The molecular weight excluding hydrogens is 594 g/mol. The molecule has 6 heteroatoms. The van der Waals surface area contributed by atoms with Crippen molar-refractivity contribution in [1.29, 1.82) is 0 Å². The summed E-state index contributed by atoms with van der Waals surface area (Å²) in [6, 6.07) is 0.522. The quantitative estimate of drug-likeness (QED) is 0.162. The fourth-order valence-electron chi connectivity index (χ4n) is 8.10. The van der Waals surface area contributed by atoms with Crippen molar-refractivity contribution in [2.45, 2.75) is 198 Å². The molecule has 280 valence electrons. The molecule has 5 atom stereocenters. The lowest BCUT2D eigenvalue weighted by molar-refractivity contribution is -0.131. The van der Waals surface area contributed by atoms with Gasteiger partial charge in [0.2, 0.25) is 17.7 Å². The first-order chi connectivity index (χ1) is 22.1. The van der Waals surface area contributed by atoms with Gasteiger partial charge in [-0.3, -0.25) is 14.4 Å². The molecule has 0 aliphatic heterocycles. The Labute approximate surface area is 297 Å². The summed E-state index contributed by atoms with van der Waals surface area (Å²) >= 11 is 0. The van der Waals surface area contributed by atoms with E-state index in [-0.39, 0.29) is 64.4 Å². The minimum atomic E-state index is -0.376. The first-order valence-corrected chi connectivity index (χ1v) is 20.1. The predicted octanol–water partition coefficient (Wildman–Crippen LogP) is 9.84. The molecule has 0 spiro atoms. The second-order valence-electron chi connectivity index (χ2n) is 19.5. The van der Waals surface area contributed by atoms with Gasteiger partial charge in [-0.15, -0.1) is 0 Å². The Morgan fingerprint density at radius 3 is 1.44 bits per heavy atom. The van der Waals surface area contributed by atoms with Crippen molar-refractivity contribution >= 4 is 17.7 Å². The van der Waals surface area contributed by atoms with Crippen LogP contribution >= 0.6 is 0 Å². The van der Waals surface area contributed by atoms with Crippen molar-refractivity contribution < 1.29 is 14.4 Å². The van der Waals surface area contributed by atoms with E-state index in [0.29, 0.717) is 42.4 Å². The van der Waals surface area contributed by atoms with E-state index < -0.39 is 0 Å². The Kier molecular flexibility index (Phi) is 16.5. The lowest BCUT2D eigenvalue weighted by Gasteiger charge is -2.38. The molecule has 3 N–H and O–H groups in total. The van der Waals surface area contributed by atoms with Crippen LogP contribution in [-0.4, -0.2) is 35.8 Å². The summed E-state index contributed by atoms with van der Waals surface area (Å²) in [5, 5.41) is 10.1. The van der Waals surface area contributed by atoms with Gasteiger partial charge in [0.25, 0.3) is 0 Å². The molecule has 2 aliphatic rings. The minimum absolute atomic E-state index is 0.0248. The number of hydrogen-bond donors (Lipinski definition) is 3. The zero-order chi connectivity index (χ0) is 36.4. The molecule has 0 aromatic rings. The van der Waals surface area contributed by atoms with E-state index in [1.165, 1.54) is 0 Å². The van der Waals surface area contributed by atoms with Gasteiger partial charge in [0, 0.05) is 35.9 Å². The summed E-state index contributed by atoms with van der Waals surface area (Å²) in [6.45, 7) is 29.2. The summed E-state index contributed by atoms with van der Waals surface area (Å²) in [6.07, 6.45) is 13.1. The van der Waals surface area contributed by atoms with E-state index in [0.717, 1.165) is 70.6 Å². The van der Waals surface area contributed by atoms with Gasteiger partial charge in [0.05, 0.1) is 0 Å². The molecule has 0 bridgehead atoms. The third-order valence-electron chi connectivity index (χ3n) is 12.8. The molecular formula is C42H79N3O3. The van der Waals surface area contributed by atoms with Crippen molar-refractivity contribution in [3.63, 3.8) is 0 Å². The predicted molar refractivity (Wildman–Crippen MR) is 202 cm³/mol. The molecule has 48 heavy (non-hydrogen) atoms. The van der Waals surface area contributed by atoms with Gasteiger partial charge in [-0.05, 0) is 124 Å². The summed E-state index contributed by atoms with van der Waals surface area (Å²) < 4.78 is 0. The van der Waals surface area contributed by atoms with Crippen molar-refractivity contribution in [2.75, 3.05) is 0 Å². The normalized spacial score (nSPS) is 25.7. The third-order valence-corrected chi connectivity index (χ3v) is 12.8. The number of hydrogen-bond acceptors (Lipinski definition) is 3. The van der Waals surface area contributed by atoms with Crippen LogP contribution in [0.5, 0.6) is 0 Å². The van der Waals surface area contributed by atoms with E-state index in [1.807, 2.05) is 6.92 Å². The summed E-state index contributed by atoms with van der Waals surface area (Å²) in [5.41, 5.74) is 0.837. The Hall–Kier alpha value is -1.59. The summed E-state index contributed by atoms with van der Waals surface area (Å²) in [7, 11) is 0. The fourth-order valence-corrected chi connectivity index (χ4v) is 8.10. The van der Waals surface area contributed by atoms with Crippen molar-refractivity contribution in [3.8, 4) is 0 Å². The summed E-state index contributed by atoms with van der Waals surface area (Å²) in [5.74, 6) is 1.15. The highest BCUT2D eigenvalue weighted by Gasteiger charge is 2.35. The lowest BCUT2D eigenvalue weighted by atomic mass is 9.71. The highest BCUT2D eigenvalue weighted by Crippen LogP contribution is 2.39. The second-order valence-corrected chi connectivity index (χ2v) is 19.5. The van der Waals surface area contributed by atoms with Crippen molar-refractivity contribution in [2.24, 2.45) is 51.8 Å². The Balaban J connectivity index is 2.10. The standard InChI is InChI=1S/C42H79N3O3/c1-14-30(38(47)43-34(15-2)21-16-29(4)40(5,6)7)27-31(39(48)45-36-24-19-33(20-25-36)42(11,12)13)26-28(3)37(46)44-35-22-17-32(18-23-35)41(8,9)10/h28-36H,14-27H2,1-13H3,(H,43,47)(H,44,46)(H,45,48)/t28?,29?,30?,31?,32?,33?,34-,35?,36?/m1/s1. The van der Waals surface area contributed by atoms with Crippen molar-refractivity contribution in [3.05, 3.63) is 0 Å². The largest absolute Gasteiger partial charge is 0.353 e. The second kappa shape index (κ2) is 18.6. The number of amides is 3. The van der Waals surface area contributed by atoms with E-state index in [1.54, 1.807) is 0 Å². The fraction of sp³-hybridized carbons (Fsp3) is 0.929. The van der Waals surface area contributed by atoms with E-state index in [2.05, 4.69) is 99.0 Å². The molecule has 2 rings (SSSR count). The summed E-state index contributed by atoms with van der Waals surface area (Å²) in [4.78, 5) is 41.3. The number of nitrogens with one attached hydrogen (secondary N) is 3. The molecule has 2 aliphatic carbocycles. The topological polar surface area (TPSA) is 87.3 Å². The molecule has 0 aromatic carbocycles. The zero-order valence-electron chi connectivity index (χ0n) is 33.8. The van der Waals surface area contributed by atoms with Crippen LogP contribution in [0.4, 0.5) is 0 Å². The van der Waals surface area contributed by atoms with Gasteiger partial charge in [0.1, 0.15) is 0 Å². The first kappa shape index (κ1) is 42.6. The average Bonchev–Trinajstić information content (AvgIpc) is 2.99. The monoisotopic (exact) mass is 674 g/mol. The van der Waals surface area contributed by atoms with Crippen LogP contribution in [0, 0.1) is 51.8 Å². The molecule has 4 unspecified atom stereocenters. The van der Waals surface area contributed by atoms with E-state index in [4.69, 9.17) is 0 Å². The highest BCUT2D eigenvalue weighted by atomic mass is 16.2. The van der Waals surface area contributed by atoms with Crippen LogP contribution in [0.25, 0.3) is 0 Å². The number of carbonyl (C=O) groups excluding carboxylic acids is 3. The molecule has 2 fully saturated rings. The molecule has 0 saturated heterocycles. The molecule has 2 saturated carbocycles. The Morgan fingerprint density at radius 2 is 1.04 bits per heavy atom. The van der Waals surface area contributed by atoms with Crippen LogP contribution in [0.2, 0.25) is 0 Å². The first-order valence-electron chi connectivity index (χ1n) is 20.1. The maximum absolute atomic E-state index is 14.0. The van der Waals surface area contributed by atoms with Crippen LogP contribution in [0.1, 0.15) is 180 Å². The minimum Gasteiger partial charge on any atom is -0.353 e. The SMILES string of the molecule is CCC(CC(CC(C)C(=O)NC1CCC(C(C)(C)C)CC1)C(=O)NC1CCC(C(C)(C)C)CC1)C(=O)N[C@H](CC)CCC(C)C(C)(C)C. The Bertz CT molecular complexity index is 987. The maximum atomic E-state index is 14.0. The molecule has 0 radical (unpaired) electrons. The van der Waals surface area contributed by atoms with Crippen LogP contribution in [0.15, 0.2) is 0 Å². The smallest absolute Gasteiger partial charge is 0.223 e. The van der Waals surface area contributed by atoms with Gasteiger partial charge in [-0.1, -0.05) is 90.0 Å². The Morgan fingerprint density at radius 1 is 0.583 bits per heavy atom. The highest BCUT2D eigenvalue weighted by molar-refractivity contribution is 5.84. The van der Waals surface area contributed by atoms with Crippen LogP contribution < -0.4 is 16.0 Å². The lowest BCUT2D eigenvalue weighted by Crippen LogP contribution is -2.46. The van der Waals surface area contributed by atoms with E-state index in [9.17, 15) is 14.4 Å². The molecule has 6 nitrogen and oxygen atoms in total. The third kappa shape index (κ3) is 14.0.